The standard InChI is InChI=1S/C18H23NO/c1-2-3-4-5-6-7-8-11-15-14-18(20)16-12-9-10-13-17(16)19-15/h8-13H,2-7,14H2,1H3/b11-8+. The van der Waals surface area contributed by atoms with E-state index in [9.17, 15) is 4.79 Å². The lowest BCUT2D eigenvalue weighted by Gasteiger charge is -2.11. The zero-order valence-electron chi connectivity index (χ0n) is 12.3. The maximum atomic E-state index is 12.0. The number of carbonyl (C=O) groups excluding carboxylic acids is 1. The second-order valence-electron chi connectivity index (χ2n) is 5.33. The molecule has 0 bridgehead atoms. The maximum absolute atomic E-state index is 12.0. The van der Waals surface area contributed by atoms with Crippen LogP contribution in [-0.4, -0.2) is 11.5 Å². The van der Waals surface area contributed by atoms with Crippen LogP contribution in [0, 0.1) is 0 Å². The number of para-hydroxylation sites is 1. The summed E-state index contributed by atoms with van der Waals surface area (Å²) in [5.74, 6) is 0.179. The van der Waals surface area contributed by atoms with Crippen molar-refractivity contribution < 1.29 is 4.79 Å². The van der Waals surface area contributed by atoms with E-state index in [0.29, 0.717) is 6.42 Å². The first-order chi connectivity index (χ1) is 9.81. The van der Waals surface area contributed by atoms with Crippen molar-refractivity contribution in [3.63, 3.8) is 0 Å². The number of hydrogen-bond donors (Lipinski definition) is 0. The smallest absolute Gasteiger partial charge is 0.170 e. The summed E-state index contributed by atoms with van der Waals surface area (Å²) in [7, 11) is 0. The van der Waals surface area contributed by atoms with Crippen molar-refractivity contribution in [1.82, 2.24) is 0 Å². The third-order valence-electron chi connectivity index (χ3n) is 3.59. The Labute approximate surface area is 121 Å². The van der Waals surface area contributed by atoms with E-state index < -0.39 is 0 Å². The van der Waals surface area contributed by atoms with Gasteiger partial charge in [-0.3, -0.25) is 9.79 Å². The molecule has 0 unspecified atom stereocenters. The minimum atomic E-state index is 0.179. The van der Waals surface area contributed by atoms with Gasteiger partial charge < -0.3 is 0 Å². The SMILES string of the molecule is CCCCCCC/C=C/C1=Nc2ccccc2C(=O)C1. The van der Waals surface area contributed by atoms with Gasteiger partial charge in [0.2, 0.25) is 0 Å². The lowest BCUT2D eigenvalue weighted by Crippen LogP contribution is -2.11. The molecule has 0 saturated heterocycles. The number of fused-ring (bicyclic) bond motifs is 1. The monoisotopic (exact) mass is 269 g/mol. The van der Waals surface area contributed by atoms with Gasteiger partial charge in [-0.2, -0.15) is 0 Å². The van der Waals surface area contributed by atoms with Crippen molar-refractivity contribution in [1.29, 1.82) is 0 Å². The number of ketones is 1. The minimum Gasteiger partial charge on any atom is -0.294 e. The van der Waals surface area contributed by atoms with Crippen molar-refractivity contribution >= 4 is 17.2 Å². The second-order valence-corrected chi connectivity index (χ2v) is 5.33. The third-order valence-corrected chi connectivity index (χ3v) is 3.59. The van der Waals surface area contributed by atoms with Gasteiger partial charge in [0.05, 0.1) is 12.1 Å². The molecule has 0 amide bonds. The first-order valence-corrected chi connectivity index (χ1v) is 7.67. The van der Waals surface area contributed by atoms with Crippen LogP contribution in [0.5, 0.6) is 0 Å². The van der Waals surface area contributed by atoms with Gasteiger partial charge in [-0.1, -0.05) is 50.8 Å². The average molecular weight is 269 g/mol. The highest BCUT2D eigenvalue weighted by Gasteiger charge is 2.17. The molecule has 106 valence electrons. The van der Waals surface area contributed by atoms with Gasteiger partial charge >= 0.3 is 0 Å². The van der Waals surface area contributed by atoms with E-state index in [0.717, 1.165) is 23.4 Å². The molecular formula is C18H23NO. The molecule has 1 aliphatic heterocycles. The van der Waals surface area contributed by atoms with Crippen LogP contribution in [0.3, 0.4) is 0 Å². The third kappa shape index (κ3) is 4.16. The number of nitrogens with zero attached hydrogens (tertiary/aromatic N) is 1. The largest absolute Gasteiger partial charge is 0.294 e. The Kier molecular flexibility index (Phi) is 5.72. The Bertz CT molecular complexity index is 514. The van der Waals surface area contributed by atoms with E-state index in [-0.39, 0.29) is 5.78 Å². The van der Waals surface area contributed by atoms with Crippen molar-refractivity contribution in [2.75, 3.05) is 0 Å². The molecule has 2 rings (SSSR count). The average Bonchev–Trinajstić information content (AvgIpc) is 2.46. The van der Waals surface area contributed by atoms with Crippen LogP contribution in [0.25, 0.3) is 0 Å². The summed E-state index contributed by atoms with van der Waals surface area (Å²) in [4.78, 5) is 16.5. The van der Waals surface area contributed by atoms with E-state index >= 15 is 0 Å². The number of aliphatic imine (C=N–C) groups is 1. The van der Waals surface area contributed by atoms with E-state index in [1.807, 2.05) is 30.3 Å². The fraction of sp³-hybridized carbons (Fsp3) is 0.444. The number of unbranched alkanes of at least 4 members (excludes halogenated alkanes) is 5. The van der Waals surface area contributed by atoms with Gasteiger partial charge in [0, 0.05) is 11.3 Å². The molecule has 1 aromatic rings. The van der Waals surface area contributed by atoms with Gasteiger partial charge in [0.25, 0.3) is 0 Å². The predicted octanol–water partition coefficient (Wildman–Crippen LogP) is 5.26. The highest BCUT2D eigenvalue weighted by Crippen LogP contribution is 2.25. The molecular weight excluding hydrogens is 246 g/mol. The molecule has 1 heterocycles. The van der Waals surface area contributed by atoms with Crippen LogP contribution in [0.15, 0.2) is 41.4 Å². The van der Waals surface area contributed by atoms with Crippen molar-refractivity contribution in [3.05, 3.63) is 42.0 Å². The van der Waals surface area contributed by atoms with E-state index in [4.69, 9.17) is 0 Å². The minimum absolute atomic E-state index is 0.179. The topological polar surface area (TPSA) is 29.4 Å². The number of allylic oxidation sites excluding steroid dienone is 2. The Hall–Kier alpha value is -1.70. The molecule has 20 heavy (non-hydrogen) atoms. The Morgan fingerprint density at radius 1 is 1.15 bits per heavy atom. The summed E-state index contributed by atoms with van der Waals surface area (Å²) in [6, 6.07) is 7.58. The molecule has 1 aliphatic rings. The Morgan fingerprint density at radius 2 is 1.95 bits per heavy atom. The normalized spacial score (nSPS) is 14.4. The number of rotatable bonds is 7. The number of Topliss-reactive ketones (excluding diaryl/α,β-unsaturated/α-hetero) is 1. The molecule has 0 atom stereocenters. The number of carbonyl (C=O) groups is 1. The molecule has 1 aromatic carbocycles. The summed E-state index contributed by atoms with van der Waals surface area (Å²) in [6.45, 7) is 2.23. The van der Waals surface area contributed by atoms with Gasteiger partial charge in [-0.15, -0.1) is 0 Å². The first-order valence-electron chi connectivity index (χ1n) is 7.67. The molecule has 0 spiro atoms. The predicted molar refractivity (Wildman–Crippen MR) is 85.0 cm³/mol. The van der Waals surface area contributed by atoms with Crippen LogP contribution in [0.2, 0.25) is 0 Å². The highest BCUT2D eigenvalue weighted by molar-refractivity contribution is 6.18. The number of benzene rings is 1. The fourth-order valence-corrected chi connectivity index (χ4v) is 2.44. The van der Waals surface area contributed by atoms with Gasteiger partial charge in [0.1, 0.15) is 0 Å². The molecule has 0 aromatic heterocycles. The van der Waals surface area contributed by atoms with Crippen LogP contribution in [-0.2, 0) is 0 Å². The summed E-state index contributed by atoms with van der Waals surface area (Å²) >= 11 is 0. The van der Waals surface area contributed by atoms with Crippen LogP contribution < -0.4 is 0 Å². The second kappa shape index (κ2) is 7.78. The summed E-state index contributed by atoms with van der Waals surface area (Å²) in [5, 5.41) is 0. The highest BCUT2D eigenvalue weighted by atomic mass is 16.1. The van der Waals surface area contributed by atoms with Gasteiger partial charge in [0.15, 0.2) is 5.78 Å². The summed E-state index contributed by atoms with van der Waals surface area (Å²) in [6.07, 6.45) is 12.2. The molecule has 0 aliphatic carbocycles. The zero-order valence-corrected chi connectivity index (χ0v) is 12.3. The lowest BCUT2D eigenvalue weighted by molar-refractivity contribution is 0.1000. The van der Waals surface area contributed by atoms with Crippen LogP contribution in [0.1, 0.15) is 62.2 Å². The van der Waals surface area contributed by atoms with Crippen molar-refractivity contribution in [2.45, 2.75) is 51.9 Å². The van der Waals surface area contributed by atoms with Crippen LogP contribution >= 0.6 is 0 Å². The zero-order chi connectivity index (χ0) is 14.2. The molecule has 0 N–H and O–H groups in total. The van der Waals surface area contributed by atoms with Crippen molar-refractivity contribution in [3.8, 4) is 0 Å². The Balaban J connectivity index is 1.85. The molecule has 0 radical (unpaired) electrons. The number of hydrogen-bond acceptors (Lipinski definition) is 2. The summed E-state index contributed by atoms with van der Waals surface area (Å²) in [5.41, 5.74) is 2.46. The molecule has 0 fully saturated rings. The molecule has 2 nitrogen and oxygen atoms in total. The Morgan fingerprint density at radius 3 is 2.80 bits per heavy atom. The van der Waals surface area contributed by atoms with Gasteiger partial charge in [-0.05, 0) is 31.1 Å². The molecule has 2 heteroatoms. The van der Waals surface area contributed by atoms with E-state index in [2.05, 4.69) is 18.0 Å². The van der Waals surface area contributed by atoms with Gasteiger partial charge in [-0.25, -0.2) is 0 Å². The molecule has 0 saturated carbocycles. The van der Waals surface area contributed by atoms with Crippen molar-refractivity contribution in [2.24, 2.45) is 4.99 Å². The first kappa shape index (κ1) is 14.7. The van der Waals surface area contributed by atoms with E-state index in [1.54, 1.807) is 0 Å². The fourth-order valence-electron chi connectivity index (χ4n) is 2.44. The summed E-state index contributed by atoms with van der Waals surface area (Å²) < 4.78 is 0. The lowest BCUT2D eigenvalue weighted by atomic mass is 10.00. The van der Waals surface area contributed by atoms with E-state index in [1.165, 1.54) is 32.1 Å². The maximum Gasteiger partial charge on any atom is 0.170 e. The quantitative estimate of drug-likeness (QED) is 0.621. The van der Waals surface area contributed by atoms with Crippen LogP contribution in [0.4, 0.5) is 5.69 Å².